The van der Waals surface area contributed by atoms with E-state index < -0.39 is 0 Å². The zero-order valence-electron chi connectivity index (χ0n) is 12.5. The highest BCUT2D eigenvalue weighted by Gasteiger charge is 2.40. The maximum atomic E-state index is 11.4. The molecule has 2 fully saturated rings. The first kappa shape index (κ1) is 14.2. The van der Waals surface area contributed by atoms with Gasteiger partial charge in [-0.3, -0.25) is 10.1 Å². The Morgan fingerprint density at radius 2 is 1.71 bits per heavy atom. The molecule has 0 aromatic carbocycles. The summed E-state index contributed by atoms with van der Waals surface area (Å²) in [4.78, 5) is 22.1. The van der Waals surface area contributed by atoms with Crippen LogP contribution in [0.4, 0.5) is 11.6 Å². The summed E-state index contributed by atoms with van der Waals surface area (Å²) in [6.07, 6.45) is 4.00. The molecule has 1 aromatic rings. The fraction of sp³-hybridized carbons (Fsp3) is 0.714. The largest absolute Gasteiger partial charge is 0.353 e. The Morgan fingerprint density at radius 3 is 2.10 bits per heavy atom. The fourth-order valence-electron chi connectivity index (χ4n) is 2.43. The maximum Gasteiger partial charge on any atom is 0.312 e. The molecule has 0 unspecified atom stereocenters. The molecule has 0 bridgehead atoms. The molecule has 1 heterocycles. The Bertz CT molecular complexity index is 519. The Morgan fingerprint density at radius 1 is 1.19 bits per heavy atom. The van der Waals surface area contributed by atoms with Crippen LogP contribution in [0.15, 0.2) is 0 Å². The summed E-state index contributed by atoms with van der Waals surface area (Å²) >= 11 is 0. The van der Waals surface area contributed by atoms with Crippen LogP contribution in [0.2, 0.25) is 0 Å². The van der Waals surface area contributed by atoms with Crippen molar-refractivity contribution in [1.29, 1.82) is 0 Å². The first-order valence-corrected chi connectivity index (χ1v) is 7.51. The summed E-state index contributed by atoms with van der Waals surface area (Å²) in [5, 5.41) is 14.6. The second kappa shape index (κ2) is 5.55. The molecule has 2 aliphatic carbocycles. The molecular formula is C14H21N5O2. The number of rotatable bonds is 7. The van der Waals surface area contributed by atoms with Crippen LogP contribution in [0.25, 0.3) is 0 Å². The average molecular weight is 291 g/mol. The number of nitrogens with zero attached hydrogens (tertiary/aromatic N) is 4. The minimum atomic E-state index is -0.287. The smallest absolute Gasteiger partial charge is 0.312 e. The summed E-state index contributed by atoms with van der Waals surface area (Å²) in [6.45, 7) is 1.61. The lowest BCUT2D eigenvalue weighted by Crippen LogP contribution is -2.22. The normalized spacial score (nSPS) is 18.0. The Labute approximate surface area is 123 Å². The molecule has 0 aliphatic heterocycles. The van der Waals surface area contributed by atoms with Crippen LogP contribution in [0.5, 0.6) is 0 Å². The van der Waals surface area contributed by atoms with Crippen molar-refractivity contribution < 1.29 is 4.92 Å². The van der Waals surface area contributed by atoms with Crippen LogP contribution in [0.1, 0.15) is 48.9 Å². The van der Waals surface area contributed by atoms with Gasteiger partial charge < -0.3 is 10.2 Å². The van der Waals surface area contributed by atoms with Gasteiger partial charge in [-0.15, -0.1) is 0 Å². The summed E-state index contributed by atoms with van der Waals surface area (Å²) in [5.41, 5.74) is 1.46. The zero-order chi connectivity index (χ0) is 15.0. The predicted molar refractivity (Wildman–Crippen MR) is 79.7 cm³/mol. The van der Waals surface area contributed by atoms with E-state index in [9.17, 15) is 10.1 Å². The van der Waals surface area contributed by atoms with Crippen LogP contribution in [0, 0.1) is 10.1 Å². The third-order valence-corrected chi connectivity index (χ3v) is 3.89. The second-order valence-electron chi connectivity index (χ2n) is 6.20. The van der Waals surface area contributed by atoms with Crippen molar-refractivity contribution >= 4 is 11.6 Å². The predicted octanol–water partition coefficient (Wildman–Crippen LogP) is 2.11. The molecule has 2 saturated carbocycles. The maximum absolute atomic E-state index is 11.4. The summed E-state index contributed by atoms with van der Waals surface area (Å²) in [7, 11) is 4.01. The molecule has 7 nitrogen and oxygen atoms in total. The van der Waals surface area contributed by atoms with E-state index in [4.69, 9.17) is 0 Å². The molecule has 0 spiro atoms. The molecule has 3 rings (SSSR count). The highest BCUT2D eigenvalue weighted by Crippen LogP contribution is 2.49. The molecule has 1 N–H and O–H groups in total. The van der Waals surface area contributed by atoms with Crippen molar-refractivity contribution in [3.63, 3.8) is 0 Å². The standard InChI is InChI=1S/C14H21N5O2/c1-18(2)8-7-15-14-16-11(9-3-4-9)13(19(20)21)12(17-14)10-5-6-10/h9-10H,3-8H2,1-2H3,(H,15,16,17). The molecule has 114 valence electrons. The summed E-state index contributed by atoms with van der Waals surface area (Å²) < 4.78 is 0. The third kappa shape index (κ3) is 3.29. The second-order valence-corrected chi connectivity index (χ2v) is 6.20. The topological polar surface area (TPSA) is 84.2 Å². The molecule has 7 heteroatoms. The van der Waals surface area contributed by atoms with Crippen molar-refractivity contribution in [2.24, 2.45) is 0 Å². The van der Waals surface area contributed by atoms with Gasteiger partial charge in [-0.05, 0) is 39.8 Å². The molecule has 0 radical (unpaired) electrons. The molecule has 0 atom stereocenters. The van der Waals surface area contributed by atoms with Gasteiger partial charge in [0, 0.05) is 24.9 Å². The molecule has 21 heavy (non-hydrogen) atoms. The van der Waals surface area contributed by atoms with Crippen LogP contribution in [-0.2, 0) is 0 Å². The SMILES string of the molecule is CN(C)CCNc1nc(C2CC2)c([N+](=O)[O-])c(C2CC2)n1. The minimum absolute atomic E-state index is 0.179. The molecule has 2 aliphatic rings. The molecule has 0 saturated heterocycles. The van der Waals surface area contributed by atoms with Crippen LogP contribution < -0.4 is 5.32 Å². The van der Waals surface area contributed by atoms with Crippen LogP contribution in [0.3, 0.4) is 0 Å². The number of nitrogens with one attached hydrogen (secondary N) is 1. The highest BCUT2D eigenvalue weighted by molar-refractivity contribution is 5.50. The average Bonchev–Trinajstić information content (AvgIpc) is 3.28. The van der Waals surface area contributed by atoms with Crippen molar-refractivity contribution in [3.8, 4) is 0 Å². The number of hydrogen-bond acceptors (Lipinski definition) is 6. The van der Waals surface area contributed by atoms with E-state index in [2.05, 4.69) is 20.2 Å². The van der Waals surface area contributed by atoms with Gasteiger partial charge in [-0.1, -0.05) is 0 Å². The highest BCUT2D eigenvalue weighted by atomic mass is 16.6. The summed E-state index contributed by atoms with van der Waals surface area (Å²) in [5.74, 6) is 1.05. The van der Waals surface area contributed by atoms with Gasteiger partial charge in [0.2, 0.25) is 5.95 Å². The lowest BCUT2D eigenvalue weighted by Gasteiger charge is -2.12. The van der Waals surface area contributed by atoms with Gasteiger partial charge in [0.1, 0.15) is 11.4 Å². The van der Waals surface area contributed by atoms with Gasteiger partial charge in [0.25, 0.3) is 0 Å². The van der Waals surface area contributed by atoms with Crippen LogP contribution in [-0.4, -0.2) is 47.0 Å². The van der Waals surface area contributed by atoms with E-state index >= 15 is 0 Å². The Kier molecular flexibility index (Phi) is 3.75. The number of hydrogen-bond donors (Lipinski definition) is 1. The molecule has 0 amide bonds. The monoisotopic (exact) mass is 291 g/mol. The van der Waals surface area contributed by atoms with E-state index in [1.165, 1.54) is 0 Å². The van der Waals surface area contributed by atoms with Gasteiger partial charge in [0.05, 0.1) is 4.92 Å². The van der Waals surface area contributed by atoms with E-state index in [0.717, 1.165) is 38.8 Å². The van der Waals surface area contributed by atoms with E-state index in [0.29, 0.717) is 17.3 Å². The lowest BCUT2D eigenvalue weighted by molar-refractivity contribution is -0.387. The quantitative estimate of drug-likeness (QED) is 0.612. The first-order chi connectivity index (χ1) is 10.1. The lowest BCUT2D eigenvalue weighted by atomic mass is 10.1. The third-order valence-electron chi connectivity index (χ3n) is 3.89. The fourth-order valence-corrected chi connectivity index (χ4v) is 2.43. The zero-order valence-corrected chi connectivity index (χ0v) is 12.5. The molecular weight excluding hydrogens is 270 g/mol. The first-order valence-electron chi connectivity index (χ1n) is 7.51. The van der Waals surface area contributed by atoms with Crippen molar-refractivity contribution in [1.82, 2.24) is 14.9 Å². The summed E-state index contributed by atoms with van der Waals surface area (Å²) in [6, 6.07) is 0. The van der Waals surface area contributed by atoms with Gasteiger partial charge >= 0.3 is 5.69 Å². The molecule has 1 aromatic heterocycles. The number of aromatic nitrogens is 2. The number of likely N-dealkylation sites (N-methyl/N-ethyl adjacent to an activating group) is 1. The minimum Gasteiger partial charge on any atom is -0.353 e. The van der Waals surface area contributed by atoms with E-state index in [1.807, 2.05) is 14.1 Å². The van der Waals surface area contributed by atoms with Crippen LogP contribution >= 0.6 is 0 Å². The van der Waals surface area contributed by atoms with Gasteiger partial charge in [0.15, 0.2) is 0 Å². The number of nitro groups is 1. The van der Waals surface area contributed by atoms with Gasteiger partial charge in [-0.25, -0.2) is 9.97 Å². The number of anilines is 1. The Balaban J connectivity index is 1.89. The van der Waals surface area contributed by atoms with Crippen molar-refractivity contribution in [2.75, 3.05) is 32.5 Å². The van der Waals surface area contributed by atoms with Crippen molar-refractivity contribution in [3.05, 3.63) is 21.5 Å². The Hall–Kier alpha value is -1.76. The van der Waals surface area contributed by atoms with E-state index in [1.54, 1.807) is 0 Å². The van der Waals surface area contributed by atoms with E-state index in [-0.39, 0.29) is 22.4 Å². The van der Waals surface area contributed by atoms with Gasteiger partial charge in [-0.2, -0.15) is 0 Å². The van der Waals surface area contributed by atoms with Crippen molar-refractivity contribution in [2.45, 2.75) is 37.5 Å².